The molecule has 3 heterocycles. The second-order valence-electron chi connectivity index (χ2n) is 5.66. The van der Waals surface area contributed by atoms with E-state index in [-0.39, 0.29) is 0 Å². The van der Waals surface area contributed by atoms with Crippen LogP contribution in [-0.4, -0.2) is 35.7 Å². The summed E-state index contributed by atoms with van der Waals surface area (Å²) in [4.78, 5) is 6.40. The second kappa shape index (κ2) is 5.37. The molecule has 2 aliphatic rings. The molecule has 1 aromatic carbocycles. The van der Waals surface area contributed by atoms with Gasteiger partial charge in [-0.3, -0.25) is 9.88 Å². The van der Waals surface area contributed by atoms with Gasteiger partial charge in [-0.1, -0.05) is 12.1 Å². The number of benzene rings is 1. The van der Waals surface area contributed by atoms with Crippen LogP contribution in [0.15, 0.2) is 42.7 Å². The van der Waals surface area contributed by atoms with Crippen molar-refractivity contribution < 1.29 is 9.47 Å². The predicted molar refractivity (Wildman–Crippen MR) is 79.6 cm³/mol. The number of fused-ring (bicyclic) bond motifs is 1. The van der Waals surface area contributed by atoms with Gasteiger partial charge in [0.15, 0.2) is 0 Å². The lowest BCUT2D eigenvalue weighted by Crippen LogP contribution is -2.53. The number of pyridine rings is 1. The zero-order valence-corrected chi connectivity index (χ0v) is 11.9. The second-order valence-corrected chi connectivity index (χ2v) is 5.66. The topological polar surface area (TPSA) is 34.6 Å². The molecule has 1 saturated heterocycles. The maximum Gasteiger partial charge on any atom is 0.124 e. The average Bonchev–Trinajstić information content (AvgIpc) is 2.93. The van der Waals surface area contributed by atoms with Gasteiger partial charge < -0.3 is 9.47 Å². The van der Waals surface area contributed by atoms with E-state index in [2.05, 4.69) is 28.1 Å². The maximum absolute atomic E-state index is 5.89. The molecule has 21 heavy (non-hydrogen) atoms. The largest absolute Gasteiger partial charge is 0.493 e. The minimum Gasteiger partial charge on any atom is -0.493 e. The van der Waals surface area contributed by atoms with Crippen LogP contribution in [-0.2, 0) is 13.0 Å². The molecule has 1 aromatic heterocycles. The summed E-state index contributed by atoms with van der Waals surface area (Å²) in [6, 6.07) is 10.4. The Bertz CT molecular complexity index is 624. The van der Waals surface area contributed by atoms with Gasteiger partial charge in [-0.2, -0.15) is 0 Å². The van der Waals surface area contributed by atoms with Gasteiger partial charge in [0.2, 0.25) is 0 Å². The van der Waals surface area contributed by atoms with Crippen LogP contribution in [0, 0.1) is 0 Å². The zero-order valence-electron chi connectivity index (χ0n) is 11.9. The van der Waals surface area contributed by atoms with Gasteiger partial charge in [0.05, 0.1) is 6.61 Å². The number of hydrogen-bond donors (Lipinski definition) is 0. The highest BCUT2D eigenvalue weighted by Gasteiger charge is 2.28. The van der Waals surface area contributed by atoms with Crippen LogP contribution < -0.4 is 9.47 Å². The van der Waals surface area contributed by atoms with Crippen molar-refractivity contribution in [1.82, 2.24) is 9.88 Å². The minimum atomic E-state index is 0.296. The van der Waals surface area contributed by atoms with Crippen LogP contribution in [0.3, 0.4) is 0 Å². The van der Waals surface area contributed by atoms with Crippen molar-refractivity contribution in [2.45, 2.75) is 19.1 Å². The van der Waals surface area contributed by atoms with Crippen LogP contribution in [0.25, 0.3) is 0 Å². The van der Waals surface area contributed by atoms with Gasteiger partial charge in [0.1, 0.15) is 17.6 Å². The van der Waals surface area contributed by atoms with E-state index in [0.717, 1.165) is 44.2 Å². The van der Waals surface area contributed by atoms with Gasteiger partial charge in [-0.15, -0.1) is 0 Å². The molecule has 108 valence electrons. The summed E-state index contributed by atoms with van der Waals surface area (Å²) in [6.45, 7) is 3.78. The third-order valence-corrected chi connectivity index (χ3v) is 4.04. The quantitative estimate of drug-likeness (QED) is 0.861. The molecule has 0 amide bonds. The number of hydrogen-bond acceptors (Lipinski definition) is 4. The molecule has 0 bridgehead atoms. The van der Waals surface area contributed by atoms with Crippen molar-refractivity contribution in [3.8, 4) is 11.5 Å². The average molecular weight is 282 g/mol. The van der Waals surface area contributed by atoms with Gasteiger partial charge in [0.25, 0.3) is 0 Å². The van der Waals surface area contributed by atoms with E-state index in [1.54, 1.807) is 12.4 Å². The number of nitrogens with zero attached hydrogens (tertiary/aromatic N) is 2. The summed E-state index contributed by atoms with van der Waals surface area (Å²) >= 11 is 0. The molecule has 2 aliphatic heterocycles. The summed E-state index contributed by atoms with van der Waals surface area (Å²) in [7, 11) is 0. The van der Waals surface area contributed by atoms with E-state index in [0.29, 0.717) is 6.10 Å². The third kappa shape index (κ3) is 2.72. The Morgan fingerprint density at radius 2 is 2.05 bits per heavy atom. The first-order chi connectivity index (χ1) is 10.4. The Morgan fingerprint density at radius 1 is 1.19 bits per heavy atom. The Balaban J connectivity index is 1.30. The molecule has 0 atom stereocenters. The maximum atomic E-state index is 5.89. The summed E-state index contributed by atoms with van der Waals surface area (Å²) in [5, 5.41) is 0. The van der Waals surface area contributed by atoms with Crippen molar-refractivity contribution in [1.29, 1.82) is 0 Å². The summed E-state index contributed by atoms with van der Waals surface area (Å²) in [5.41, 5.74) is 2.71. The Hall–Kier alpha value is -2.07. The Morgan fingerprint density at radius 3 is 2.90 bits per heavy atom. The lowest BCUT2D eigenvalue weighted by Gasteiger charge is -2.39. The highest BCUT2D eigenvalue weighted by Crippen LogP contribution is 2.27. The first-order valence-electron chi connectivity index (χ1n) is 7.40. The molecule has 0 saturated carbocycles. The van der Waals surface area contributed by atoms with Crippen LogP contribution in [0.1, 0.15) is 11.1 Å². The molecule has 0 aliphatic carbocycles. The first-order valence-corrected chi connectivity index (χ1v) is 7.40. The van der Waals surface area contributed by atoms with E-state index < -0.39 is 0 Å². The van der Waals surface area contributed by atoms with E-state index >= 15 is 0 Å². The first kappa shape index (κ1) is 12.7. The number of rotatable bonds is 4. The molecule has 0 N–H and O–H groups in total. The van der Waals surface area contributed by atoms with E-state index in [1.165, 1.54) is 11.1 Å². The van der Waals surface area contributed by atoms with Crippen LogP contribution in [0.2, 0.25) is 0 Å². The monoisotopic (exact) mass is 282 g/mol. The van der Waals surface area contributed by atoms with Gasteiger partial charge in [-0.05, 0) is 29.3 Å². The fraction of sp³-hybridized carbons (Fsp3) is 0.353. The molecule has 2 aromatic rings. The standard InChI is InChI=1S/C17H18N2O2/c1-2-17-14(5-8-20-17)9-13(1)10-19-11-16(12-19)21-15-3-6-18-7-4-15/h1-4,6-7,9,16H,5,8,10-12H2. The molecule has 0 spiro atoms. The Kier molecular flexibility index (Phi) is 3.24. The van der Waals surface area contributed by atoms with Gasteiger partial charge >= 0.3 is 0 Å². The number of likely N-dealkylation sites (tertiary alicyclic amines) is 1. The number of ether oxygens (including phenoxy) is 2. The van der Waals surface area contributed by atoms with E-state index in [4.69, 9.17) is 9.47 Å². The fourth-order valence-electron chi connectivity index (χ4n) is 2.93. The van der Waals surface area contributed by atoms with Crippen LogP contribution in [0.4, 0.5) is 0 Å². The lowest BCUT2D eigenvalue weighted by molar-refractivity contribution is 0.0145. The van der Waals surface area contributed by atoms with Crippen LogP contribution in [0.5, 0.6) is 11.5 Å². The minimum absolute atomic E-state index is 0.296. The molecular formula is C17H18N2O2. The lowest BCUT2D eigenvalue weighted by atomic mass is 10.1. The normalized spacial score (nSPS) is 17.9. The van der Waals surface area contributed by atoms with E-state index in [1.807, 2.05) is 12.1 Å². The van der Waals surface area contributed by atoms with Crippen molar-refractivity contribution in [3.63, 3.8) is 0 Å². The van der Waals surface area contributed by atoms with E-state index in [9.17, 15) is 0 Å². The summed E-state index contributed by atoms with van der Waals surface area (Å²) < 4.78 is 11.4. The molecule has 4 rings (SSSR count). The van der Waals surface area contributed by atoms with Crippen molar-refractivity contribution >= 4 is 0 Å². The highest BCUT2D eigenvalue weighted by molar-refractivity contribution is 5.39. The molecule has 0 unspecified atom stereocenters. The predicted octanol–water partition coefficient (Wildman–Crippen LogP) is 2.28. The highest BCUT2D eigenvalue weighted by atomic mass is 16.5. The zero-order chi connectivity index (χ0) is 14.1. The third-order valence-electron chi connectivity index (χ3n) is 4.04. The molecule has 0 radical (unpaired) electrons. The van der Waals surface area contributed by atoms with Crippen molar-refractivity contribution in [2.24, 2.45) is 0 Å². The van der Waals surface area contributed by atoms with Crippen LogP contribution >= 0.6 is 0 Å². The number of aromatic nitrogens is 1. The SMILES string of the molecule is c1cc(OC2CN(Cc3ccc4c(c3)CCO4)C2)ccn1. The molecule has 4 heteroatoms. The van der Waals surface area contributed by atoms with Crippen molar-refractivity contribution in [3.05, 3.63) is 53.9 Å². The Labute approximate surface area is 124 Å². The smallest absolute Gasteiger partial charge is 0.124 e. The van der Waals surface area contributed by atoms with Gasteiger partial charge in [-0.25, -0.2) is 0 Å². The van der Waals surface area contributed by atoms with Gasteiger partial charge in [0, 0.05) is 38.4 Å². The van der Waals surface area contributed by atoms with Crippen molar-refractivity contribution in [2.75, 3.05) is 19.7 Å². The summed E-state index contributed by atoms with van der Waals surface area (Å²) in [5.74, 6) is 1.96. The molecule has 4 nitrogen and oxygen atoms in total. The summed E-state index contributed by atoms with van der Waals surface area (Å²) in [6.07, 6.45) is 4.86. The molecule has 1 fully saturated rings. The molecular weight excluding hydrogens is 264 g/mol. The fourth-order valence-corrected chi connectivity index (χ4v) is 2.93.